The summed E-state index contributed by atoms with van der Waals surface area (Å²) < 4.78 is 5.75. The predicted molar refractivity (Wildman–Crippen MR) is 144 cm³/mol. The maximum absolute atomic E-state index is 12.2. The lowest BCUT2D eigenvalue weighted by Gasteiger charge is -2.15. The lowest BCUT2D eigenvalue weighted by atomic mass is 10.0. The van der Waals surface area contributed by atoms with Crippen molar-refractivity contribution in [3.05, 3.63) is 131 Å². The molecule has 4 rings (SSSR count). The van der Waals surface area contributed by atoms with Crippen molar-refractivity contribution in [1.29, 1.82) is 0 Å². The zero-order valence-electron chi connectivity index (χ0n) is 19.5. The van der Waals surface area contributed by atoms with Crippen LogP contribution in [0.2, 0.25) is 5.02 Å². The van der Waals surface area contributed by atoms with E-state index < -0.39 is 12.1 Å². The normalized spacial score (nSPS) is 11.8. The van der Waals surface area contributed by atoms with E-state index >= 15 is 0 Å². The fourth-order valence-corrected chi connectivity index (χ4v) is 3.86. The van der Waals surface area contributed by atoms with E-state index in [4.69, 9.17) is 16.3 Å². The zero-order valence-corrected chi connectivity index (χ0v) is 20.3. The molecule has 0 spiro atoms. The summed E-state index contributed by atoms with van der Waals surface area (Å²) in [4.78, 5) is 24.0. The van der Waals surface area contributed by atoms with Gasteiger partial charge in [0, 0.05) is 10.6 Å². The van der Waals surface area contributed by atoms with E-state index in [0.717, 1.165) is 22.3 Å². The molecule has 0 bridgehead atoms. The van der Waals surface area contributed by atoms with Gasteiger partial charge in [0.15, 0.2) is 11.9 Å². The number of carbonyl (C=O) groups excluding carboxylic acids is 1. The minimum atomic E-state index is -1.01. The van der Waals surface area contributed by atoms with E-state index in [9.17, 15) is 14.7 Å². The monoisotopic (exact) mass is 496 g/mol. The second-order valence-corrected chi connectivity index (χ2v) is 8.76. The van der Waals surface area contributed by atoms with Crippen LogP contribution in [0.3, 0.4) is 0 Å². The minimum Gasteiger partial charge on any atom is -0.479 e. The van der Waals surface area contributed by atoms with Gasteiger partial charge in [0.25, 0.3) is 0 Å². The molecule has 0 saturated heterocycles. The summed E-state index contributed by atoms with van der Waals surface area (Å²) in [7, 11) is 0. The molecule has 1 N–H and O–H groups in total. The molecule has 36 heavy (non-hydrogen) atoms. The van der Waals surface area contributed by atoms with Gasteiger partial charge in [-0.05, 0) is 65.4 Å². The van der Waals surface area contributed by atoms with E-state index in [2.05, 4.69) is 0 Å². The van der Waals surface area contributed by atoms with E-state index in [1.54, 1.807) is 42.5 Å². The number of rotatable bonds is 10. The Morgan fingerprint density at radius 3 is 2.03 bits per heavy atom. The highest BCUT2D eigenvalue weighted by Gasteiger charge is 2.19. The number of ether oxygens (including phenoxy) is 1. The van der Waals surface area contributed by atoms with Gasteiger partial charge in [-0.1, -0.05) is 96.5 Å². The molecule has 1 atom stereocenters. The van der Waals surface area contributed by atoms with Gasteiger partial charge in [-0.2, -0.15) is 0 Å². The topological polar surface area (TPSA) is 63.6 Å². The molecule has 0 heterocycles. The van der Waals surface area contributed by atoms with Gasteiger partial charge >= 0.3 is 5.97 Å². The lowest BCUT2D eigenvalue weighted by molar-refractivity contribution is -0.145. The van der Waals surface area contributed by atoms with Crippen molar-refractivity contribution in [1.82, 2.24) is 0 Å². The molecule has 0 aliphatic heterocycles. The number of ketones is 1. The number of aryl methyl sites for hydroxylation is 1. The average molecular weight is 497 g/mol. The van der Waals surface area contributed by atoms with Crippen molar-refractivity contribution in [3.8, 4) is 16.9 Å². The molecule has 1 unspecified atom stereocenters. The van der Waals surface area contributed by atoms with Crippen LogP contribution in [0, 0.1) is 0 Å². The Kier molecular flexibility index (Phi) is 8.32. The molecule has 0 radical (unpaired) electrons. The largest absolute Gasteiger partial charge is 0.479 e. The van der Waals surface area contributed by atoms with Crippen LogP contribution in [0.5, 0.6) is 5.75 Å². The first-order valence-corrected chi connectivity index (χ1v) is 12.0. The molecule has 0 amide bonds. The molecule has 0 aliphatic carbocycles. The average Bonchev–Trinajstić information content (AvgIpc) is 2.91. The van der Waals surface area contributed by atoms with Gasteiger partial charge in [0.2, 0.25) is 0 Å². The summed E-state index contributed by atoms with van der Waals surface area (Å²) in [6, 6.07) is 31.7. The van der Waals surface area contributed by atoms with Gasteiger partial charge in [-0.25, -0.2) is 4.79 Å². The van der Waals surface area contributed by atoms with Crippen molar-refractivity contribution in [3.63, 3.8) is 0 Å². The van der Waals surface area contributed by atoms with Gasteiger partial charge in [0.1, 0.15) is 5.75 Å². The first-order valence-electron chi connectivity index (χ1n) is 11.6. The smallest absolute Gasteiger partial charge is 0.344 e. The van der Waals surface area contributed by atoms with Crippen molar-refractivity contribution < 1.29 is 19.4 Å². The summed E-state index contributed by atoms with van der Waals surface area (Å²) in [6.45, 7) is 0. The van der Waals surface area contributed by atoms with Crippen LogP contribution in [0.4, 0.5) is 0 Å². The first-order chi connectivity index (χ1) is 17.5. The molecule has 4 aromatic rings. The van der Waals surface area contributed by atoms with Gasteiger partial charge < -0.3 is 9.84 Å². The summed E-state index contributed by atoms with van der Waals surface area (Å²) in [5.74, 6) is -0.625. The van der Waals surface area contributed by atoms with E-state index in [1.165, 1.54) is 6.08 Å². The third kappa shape index (κ3) is 6.94. The maximum Gasteiger partial charge on any atom is 0.344 e. The Morgan fingerprint density at radius 2 is 1.42 bits per heavy atom. The van der Waals surface area contributed by atoms with E-state index in [0.29, 0.717) is 29.2 Å². The maximum atomic E-state index is 12.2. The van der Waals surface area contributed by atoms with Crippen LogP contribution >= 0.6 is 11.6 Å². The Labute approximate surface area is 215 Å². The Morgan fingerprint density at radius 1 is 0.806 bits per heavy atom. The Hall–Kier alpha value is -4.15. The van der Waals surface area contributed by atoms with Crippen LogP contribution in [-0.2, 0) is 11.2 Å². The van der Waals surface area contributed by atoms with Crippen molar-refractivity contribution in [2.75, 3.05) is 0 Å². The second-order valence-electron chi connectivity index (χ2n) is 8.32. The number of carbonyl (C=O) groups is 2. The van der Waals surface area contributed by atoms with Gasteiger partial charge in [-0.15, -0.1) is 0 Å². The van der Waals surface area contributed by atoms with E-state index in [-0.39, 0.29) is 5.78 Å². The number of allylic oxidation sites excluding steroid dienone is 1. The van der Waals surface area contributed by atoms with Crippen molar-refractivity contribution >= 4 is 29.4 Å². The Bertz CT molecular complexity index is 1330. The zero-order chi connectivity index (χ0) is 25.3. The molecule has 180 valence electrons. The fraction of sp³-hybridized carbons (Fsp3) is 0.0968. The summed E-state index contributed by atoms with van der Waals surface area (Å²) in [6.07, 6.45) is 3.18. The first kappa shape index (κ1) is 25.0. The number of hydrogen-bond donors (Lipinski definition) is 1. The molecule has 5 heteroatoms. The summed E-state index contributed by atoms with van der Waals surface area (Å²) in [5, 5.41) is 10.3. The minimum absolute atomic E-state index is 0.0805. The van der Waals surface area contributed by atoms with Gasteiger partial charge in [-0.3, -0.25) is 4.79 Å². The quantitative estimate of drug-likeness (QED) is 0.184. The SMILES string of the molecule is O=C(C=Cc1ccc(OC(CCc2ccc(-c3ccc(Cl)cc3)cc2)C(=O)O)cc1)c1ccccc1. The van der Waals surface area contributed by atoms with Crippen LogP contribution in [0.15, 0.2) is 109 Å². The molecular weight excluding hydrogens is 472 g/mol. The van der Waals surface area contributed by atoms with E-state index in [1.807, 2.05) is 66.7 Å². The number of carboxylic acids is 1. The van der Waals surface area contributed by atoms with Gasteiger partial charge in [0.05, 0.1) is 0 Å². The highest BCUT2D eigenvalue weighted by molar-refractivity contribution is 6.30. The molecule has 0 aliphatic rings. The van der Waals surface area contributed by atoms with Crippen LogP contribution in [0.1, 0.15) is 27.9 Å². The summed E-state index contributed by atoms with van der Waals surface area (Å²) >= 11 is 5.96. The molecule has 4 nitrogen and oxygen atoms in total. The molecule has 4 aromatic carbocycles. The Balaban J connectivity index is 1.33. The molecular formula is C31H25ClO4. The molecule has 0 aromatic heterocycles. The lowest BCUT2D eigenvalue weighted by Crippen LogP contribution is -2.27. The van der Waals surface area contributed by atoms with Crippen molar-refractivity contribution in [2.45, 2.75) is 18.9 Å². The second kappa shape index (κ2) is 12.0. The van der Waals surface area contributed by atoms with Crippen molar-refractivity contribution in [2.24, 2.45) is 0 Å². The number of carboxylic acid groups (broad SMARTS) is 1. The third-order valence-corrected chi connectivity index (χ3v) is 6.00. The number of benzene rings is 4. The fourth-order valence-electron chi connectivity index (χ4n) is 3.73. The number of hydrogen-bond acceptors (Lipinski definition) is 3. The number of aliphatic carboxylic acids is 1. The summed E-state index contributed by atoms with van der Waals surface area (Å²) in [5.41, 5.74) is 4.62. The van der Waals surface area contributed by atoms with Crippen LogP contribution < -0.4 is 4.74 Å². The molecule has 0 fully saturated rings. The standard InChI is InChI=1S/C31H25ClO4/c32-27-16-14-25(15-17-27)24-12-6-22(7-13-24)11-21-30(31(34)35)36-28-18-8-23(9-19-28)10-20-29(33)26-4-2-1-3-5-26/h1-10,12-20,30H,11,21H2,(H,34,35). The highest BCUT2D eigenvalue weighted by atomic mass is 35.5. The number of halogens is 1. The van der Waals surface area contributed by atoms with Crippen LogP contribution in [-0.4, -0.2) is 23.0 Å². The predicted octanol–water partition coefficient (Wildman–Crippen LogP) is 7.37. The highest BCUT2D eigenvalue weighted by Crippen LogP contribution is 2.23. The van der Waals surface area contributed by atoms with Crippen LogP contribution in [0.25, 0.3) is 17.2 Å². The molecule has 0 saturated carbocycles. The third-order valence-electron chi connectivity index (χ3n) is 5.75.